The summed E-state index contributed by atoms with van der Waals surface area (Å²) in [7, 11) is 1.68. The van der Waals surface area contributed by atoms with Crippen molar-refractivity contribution in [3.05, 3.63) is 98.1 Å². The van der Waals surface area contributed by atoms with Crippen LogP contribution < -0.4 is 21.3 Å². The highest BCUT2D eigenvalue weighted by molar-refractivity contribution is 7.17. The minimum Gasteiger partial charge on any atom is -0.444 e. The van der Waals surface area contributed by atoms with Crippen LogP contribution in [0.25, 0.3) is 5.69 Å². The highest BCUT2D eigenvalue weighted by Gasteiger charge is 2.36. The fourth-order valence-electron chi connectivity index (χ4n) is 8.68. The van der Waals surface area contributed by atoms with Crippen LogP contribution in [0, 0.1) is 5.41 Å². The minimum absolute atomic E-state index is 0.0354. The van der Waals surface area contributed by atoms with E-state index in [-0.39, 0.29) is 48.0 Å². The van der Waals surface area contributed by atoms with Crippen molar-refractivity contribution in [1.82, 2.24) is 35.5 Å². The van der Waals surface area contributed by atoms with E-state index in [1.54, 1.807) is 72.5 Å². The Hall–Kier alpha value is -5.79. The molecule has 15 nitrogen and oxygen atoms in total. The molecule has 2 aromatic heterocycles. The van der Waals surface area contributed by atoms with Gasteiger partial charge in [-0.25, -0.2) is 9.48 Å². The van der Waals surface area contributed by atoms with Crippen LogP contribution in [0.15, 0.2) is 54.9 Å². The Bertz CT molecular complexity index is 2700. The number of rotatable bonds is 21. The van der Waals surface area contributed by atoms with Crippen molar-refractivity contribution in [3.63, 3.8) is 0 Å². The van der Waals surface area contributed by atoms with E-state index in [0.717, 1.165) is 47.4 Å². The number of halogens is 4. The molecule has 404 valence electrons. The molecule has 20 heteroatoms. The van der Waals surface area contributed by atoms with Gasteiger partial charge < -0.3 is 30.9 Å². The van der Waals surface area contributed by atoms with E-state index in [1.165, 1.54) is 34.5 Å². The highest BCUT2D eigenvalue weighted by Crippen LogP contribution is 2.45. The van der Waals surface area contributed by atoms with E-state index in [4.69, 9.17) is 16.3 Å². The van der Waals surface area contributed by atoms with Crippen LogP contribution in [0.1, 0.15) is 156 Å². The number of ether oxygens (including phenoxy) is 1. The number of nitrogens with one attached hydrogen (secondary N) is 4. The summed E-state index contributed by atoms with van der Waals surface area (Å²) in [6, 6.07) is 10.8. The third-order valence-electron chi connectivity index (χ3n) is 12.9. The number of thiophene rings is 1. The zero-order chi connectivity index (χ0) is 55.1. The van der Waals surface area contributed by atoms with Crippen LogP contribution in [-0.4, -0.2) is 104 Å². The molecule has 0 bridgehead atoms. The summed E-state index contributed by atoms with van der Waals surface area (Å²) in [5.41, 5.74) is -1.28. The summed E-state index contributed by atoms with van der Waals surface area (Å²) in [6.07, 6.45) is 0.928. The van der Waals surface area contributed by atoms with E-state index < -0.39 is 63.0 Å². The third kappa shape index (κ3) is 16.1. The Morgan fingerprint density at radius 1 is 0.919 bits per heavy atom. The largest absolute Gasteiger partial charge is 0.444 e. The highest BCUT2D eigenvalue weighted by atomic mass is 35.5. The maximum Gasteiger partial charge on any atom is 0.417 e. The molecule has 0 spiro atoms. The number of carbonyl (C=O) groups excluding carboxylic acids is 6. The number of alkyl halides is 3. The summed E-state index contributed by atoms with van der Waals surface area (Å²) in [6.45, 7) is 21.7. The molecule has 1 aliphatic carbocycles. The molecule has 0 radical (unpaired) electrons. The molecule has 0 saturated carbocycles. The Morgan fingerprint density at radius 3 is 2.26 bits per heavy atom. The number of carbonyl (C=O) groups is 6. The van der Waals surface area contributed by atoms with Gasteiger partial charge in [-0.1, -0.05) is 51.4 Å². The SMILES string of the molecule is CCC(CC)N(CCN(C)C(=O)CCC(=O)NC(C)(C)C(=O)NCC(C)(C)NC(=O)OC(C)(C)C)Cc1cccc(C(=O)Nc2sc3c(c2C(=O)c2cnn(-c4ccc(Cl)c(C(F)(F)F)c4)c2)CCC(C)(C)C3)c1. The van der Waals surface area contributed by atoms with Crippen molar-refractivity contribution >= 4 is 63.4 Å². The molecule has 4 N–H and O–H groups in total. The summed E-state index contributed by atoms with van der Waals surface area (Å²) in [4.78, 5) is 85.2. The zero-order valence-corrected chi connectivity index (χ0v) is 46.2. The second kappa shape index (κ2) is 23.8. The molecule has 2 heterocycles. The monoisotopic (exact) mass is 1070 g/mol. The van der Waals surface area contributed by atoms with Gasteiger partial charge in [0.1, 0.15) is 16.1 Å². The molecule has 5 amide bonds. The number of aromatic nitrogens is 2. The molecule has 0 aliphatic heterocycles. The van der Waals surface area contributed by atoms with Gasteiger partial charge in [0.05, 0.1) is 39.1 Å². The fourth-order valence-corrected chi connectivity index (χ4v) is 10.4. The van der Waals surface area contributed by atoms with Crippen molar-refractivity contribution in [2.45, 2.75) is 157 Å². The van der Waals surface area contributed by atoms with Crippen LogP contribution in [0.3, 0.4) is 0 Å². The maximum absolute atomic E-state index is 14.4. The molecule has 74 heavy (non-hydrogen) atoms. The summed E-state index contributed by atoms with van der Waals surface area (Å²) >= 11 is 7.21. The van der Waals surface area contributed by atoms with Crippen LogP contribution in [0.4, 0.5) is 23.0 Å². The first kappa shape index (κ1) is 59.1. The van der Waals surface area contributed by atoms with Gasteiger partial charge in [0.15, 0.2) is 5.78 Å². The molecule has 2 aromatic carbocycles. The van der Waals surface area contributed by atoms with Gasteiger partial charge in [0, 0.05) is 68.7 Å². The predicted octanol–water partition coefficient (Wildman–Crippen LogP) is 10.1. The molecule has 1 aliphatic rings. The van der Waals surface area contributed by atoms with E-state index in [9.17, 15) is 41.9 Å². The van der Waals surface area contributed by atoms with Crippen molar-refractivity contribution < 1.29 is 46.7 Å². The Balaban J connectivity index is 1.22. The van der Waals surface area contributed by atoms with E-state index in [2.05, 4.69) is 59.0 Å². The number of ketones is 1. The summed E-state index contributed by atoms with van der Waals surface area (Å²) in [5, 5.41) is 15.4. The Kier molecular flexibility index (Phi) is 19.0. The second-order valence-electron chi connectivity index (χ2n) is 22.0. The topological polar surface area (TPSA) is 184 Å². The number of fused-ring (bicyclic) bond motifs is 1. The van der Waals surface area contributed by atoms with Gasteiger partial charge in [-0.15, -0.1) is 11.3 Å². The Labute approximate surface area is 441 Å². The van der Waals surface area contributed by atoms with Crippen molar-refractivity contribution in [3.8, 4) is 5.69 Å². The maximum atomic E-state index is 14.4. The molecule has 5 rings (SSSR count). The van der Waals surface area contributed by atoms with Gasteiger partial charge in [-0.2, -0.15) is 18.3 Å². The van der Waals surface area contributed by atoms with Crippen molar-refractivity contribution in [2.75, 3.05) is 32.0 Å². The van der Waals surface area contributed by atoms with Gasteiger partial charge in [-0.3, -0.25) is 28.9 Å². The lowest BCUT2D eigenvalue weighted by atomic mass is 9.76. The number of benzene rings is 2. The number of hydrogen-bond donors (Lipinski definition) is 4. The first-order valence-electron chi connectivity index (χ1n) is 24.9. The minimum atomic E-state index is -4.69. The second-order valence-corrected chi connectivity index (χ2v) is 23.5. The number of nitrogens with zero attached hydrogens (tertiary/aromatic N) is 4. The van der Waals surface area contributed by atoms with Crippen LogP contribution in [0.5, 0.6) is 0 Å². The van der Waals surface area contributed by atoms with Gasteiger partial charge in [0.25, 0.3) is 5.91 Å². The predicted molar refractivity (Wildman–Crippen MR) is 282 cm³/mol. The van der Waals surface area contributed by atoms with Gasteiger partial charge in [-0.05, 0) is 127 Å². The fraction of sp³-hybridized carbons (Fsp3) is 0.537. The van der Waals surface area contributed by atoms with Crippen molar-refractivity contribution in [1.29, 1.82) is 0 Å². The third-order valence-corrected chi connectivity index (χ3v) is 14.4. The first-order valence-corrected chi connectivity index (χ1v) is 26.1. The molecule has 0 saturated heterocycles. The lowest BCUT2D eigenvalue weighted by Crippen LogP contribution is -2.59. The lowest BCUT2D eigenvalue weighted by Gasteiger charge is -2.32. The Morgan fingerprint density at radius 2 is 1.61 bits per heavy atom. The molecule has 4 aromatic rings. The molecular formula is C54H72ClF3N8O7S. The number of hydrogen-bond acceptors (Lipinski definition) is 10. The first-order chi connectivity index (χ1) is 34.3. The van der Waals surface area contributed by atoms with E-state index >= 15 is 0 Å². The summed E-state index contributed by atoms with van der Waals surface area (Å²) < 4.78 is 47.6. The molecule has 0 unspecified atom stereocenters. The zero-order valence-electron chi connectivity index (χ0n) is 44.6. The van der Waals surface area contributed by atoms with E-state index in [1.807, 2.05) is 12.1 Å². The molecule has 0 atom stereocenters. The normalized spacial score (nSPS) is 13.8. The standard InChI is InChI=1S/C54H72ClF3N8O7S/c1-13-36(14-2)65(25-24-64(12)43(68)21-20-42(67)62-53(10,11)48(71)59-32-52(8,9)63-49(72)73-50(3,4)5)30-33-16-15-17-34(26-33)46(70)61-47-44(38-22-23-51(6,7)28-41(38)74-47)45(69)35-29-60-66(31-35)37-18-19-40(55)39(27-37)54(56,57)58/h15-19,26-27,29,31,36H,13-14,20-25,28,30,32H2,1-12H3,(H,59,71)(H,61,70)(H,62,67)(H,63,72). The van der Waals surface area contributed by atoms with Crippen LogP contribution in [0.2, 0.25) is 5.02 Å². The van der Waals surface area contributed by atoms with Gasteiger partial charge in [0.2, 0.25) is 17.7 Å². The average Bonchev–Trinajstić information content (AvgIpc) is 3.92. The molecular weight excluding hydrogens is 997 g/mol. The number of alkyl carbamates (subject to hydrolysis) is 1. The van der Waals surface area contributed by atoms with Gasteiger partial charge >= 0.3 is 12.3 Å². The quantitative estimate of drug-likeness (QED) is 0.0590. The molecule has 0 fully saturated rings. The smallest absolute Gasteiger partial charge is 0.417 e. The van der Waals surface area contributed by atoms with E-state index in [0.29, 0.717) is 48.6 Å². The summed E-state index contributed by atoms with van der Waals surface area (Å²) in [5.74, 6) is -2.01. The number of anilines is 1. The number of amides is 5. The average molecular weight is 1070 g/mol. The lowest BCUT2D eigenvalue weighted by molar-refractivity contribution is -0.137. The number of likely N-dealkylation sites (N-methyl/N-ethyl adjacent to an activating group) is 1. The van der Waals surface area contributed by atoms with Crippen LogP contribution in [-0.2, 0) is 44.7 Å². The van der Waals surface area contributed by atoms with Crippen LogP contribution >= 0.6 is 22.9 Å². The van der Waals surface area contributed by atoms with Crippen molar-refractivity contribution in [2.24, 2.45) is 5.41 Å².